The molecule has 2 aromatic carbocycles. The van der Waals surface area contributed by atoms with Gasteiger partial charge in [0.1, 0.15) is 16.7 Å². The molecule has 4 aliphatic rings. The minimum Gasteiger partial charge on any atom is -0.491 e. The number of carbonyl (C=O) groups excluding carboxylic acids is 1. The van der Waals surface area contributed by atoms with Gasteiger partial charge in [0.25, 0.3) is 5.91 Å². The number of halogens is 1. The van der Waals surface area contributed by atoms with Crippen LogP contribution in [-0.2, 0) is 26.9 Å². The first-order valence-electron chi connectivity index (χ1n) is 18.4. The lowest BCUT2D eigenvalue weighted by Gasteiger charge is -2.50. The van der Waals surface area contributed by atoms with E-state index >= 15 is 0 Å². The fraction of sp³-hybridized carbons (Fsp3) is 0.667. The zero-order valence-corrected chi connectivity index (χ0v) is 31.8. The lowest BCUT2D eigenvalue weighted by Crippen LogP contribution is -2.57. The van der Waals surface area contributed by atoms with E-state index in [1.165, 1.54) is 11.1 Å². The molecule has 2 aromatic rings. The predicted octanol–water partition coefficient (Wildman–Crippen LogP) is 7.21. The zero-order chi connectivity index (χ0) is 34.9. The maximum absolute atomic E-state index is 13.5. The molecule has 0 radical (unpaired) electrons. The van der Waals surface area contributed by atoms with Gasteiger partial charge in [-0.25, -0.2) is 4.21 Å². The molecule has 2 fully saturated rings. The number of hydrogen-bond acceptors (Lipinski definition) is 7. The molecular weight excluding hydrogens is 658 g/mol. The Morgan fingerprint density at radius 2 is 1.80 bits per heavy atom. The van der Waals surface area contributed by atoms with Crippen LogP contribution in [0.15, 0.2) is 36.4 Å². The second kappa shape index (κ2) is 15.6. The van der Waals surface area contributed by atoms with E-state index in [-0.39, 0.29) is 40.7 Å². The van der Waals surface area contributed by atoms with E-state index in [0.29, 0.717) is 37.2 Å². The molecule has 270 valence electrons. The summed E-state index contributed by atoms with van der Waals surface area (Å²) in [7, 11) is 2.67. The van der Waals surface area contributed by atoms with Gasteiger partial charge in [0.15, 0.2) is 6.29 Å². The maximum atomic E-state index is 13.5. The maximum Gasteiger partial charge on any atom is 0.263 e. The van der Waals surface area contributed by atoms with Crippen molar-refractivity contribution in [1.82, 2.24) is 9.62 Å². The van der Waals surface area contributed by atoms with Gasteiger partial charge < -0.3 is 19.1 Å². The van der Waals surface area contributed by atoms with Gasteiger partial charge in [-0.2, -0.15) is 0 Å². The molecule has 1 aliphatic carbocycles. The SMILES string of the molecule is CCCc1cc(Cl)ccc1C1COc2ccc3cc2N(C1)CC1CCC1C(C1OCC(C)(N(C)C)CO1)CCCC(C)C(C)S(=O)NC3=O. The van der Waals surface area contributed by atoms with E-state index in [0.717, 1.165) is 74.5 Å². The van der Waals surface area contributed by atoms with E-state index in [9.17, 15) is 9.00 Å². The monoisotopic (exact) mass is 713 g/mol. The number of hydrogen-bond donors (Lipinski definition) is 1. The van der Waals surface area contributed by atoms with E-state index in [4.69, 9.17) is 25.8 Å². The number of nitrogens with one attached hydrogen (secondary N) is 1. The molecule has 1 saturated carbocycles. The molecule has 8 nitrogen and oxygen atoms in total. The number of likely N-dealkylation sites (N-methyl/N-ethyl adjacent to an activating group) is 1. The van der Waals surface area contributed by atoms with E-state index < -0.39 is 11.0 Å². The number of amides is 1. The average Bonchev–Trinajstić information content (AvgIpc) is 3.25. The second-order valence-corrected chi connectivity index (χ2v) is 17.6. The molecule has 3 aliphatic heterocycles. The van der Waals surface area contributed by atoms with Crippen LogP contribution in [0.25, 0.3) is 0 Å². The van der Waals surface area contributed by atoms with Crippen LogP contribution >= 0.6 is 11.6 Å². The summed E-state index contributed by atoms with van der Waals surface area (Å²) in [6, 6.07) is 11.9. The standard InChI is InChI=1S/C39H56ClN3O5S/c1-7-9-27-18-31(40)14-16-32(27)30-21-43-20-29-12-15-33(29)34(38-47-23-39(4,24-48-38)42(5)6)11-8-10-25(2)26(3)49(45)41-37(44)28-13-17-36(46-22-30)35(43)19-28/h13-14,16-19,25-26,29-30,33-34,38H,7-12,15,20-24H2,1-6H3,(H,41,44). The Labute approximate surface area is 301 Å². The smallest absolute Gasteiger partial charge is 0.263 e. The highest BCUT2D eigenvalue weighted by molar-refractivity contribution is 7.84. The van der Waals surface area contributed by atoms with Crippen LogP contribution in [0.2, 0.25) is 5.02 Å². The molecule has 0 spiro atoms. The van der Waals surface area contributed by atoms with Gasteiger partial charge in [-0.05, 0) is 119 Å². The third-order valence-electron chi connectivity index (χ3n) is 12.1. The number of rotatable bonds is 5. The van der Waals surface area contributed by atoms with Crippen LogP contribution in [0.4, 0.5) is 5.69 Å². The molecule has 7 atom stereocenters. The van der Waals surface area contributed by atoms with Crippen LogP contribution in [0, 0.1) is 23.7 Å². The molecule has 1 amide bonds. The first kappa shape index (κ1) is 36.6. The zero-order valence-electron chi connectivity index (χ0n) is 30.2. The Kier molecular flexibility index (Phi) is 11.7. The first-order valence-corrected chi connectivity index (χ1v) is 20.0. The fourth-order valence-corrected chi connectivity index (χ4v) is 9.40. The van der Waals surface area contributed by atoms with Gasteiger partial charge in [-0.1, -0.05) is 44.4 Å². The summed E-state index contributed by atoms with van der Waals surface area (Å²) in [5.74, 6) is 2.00. The van der Waals surface area contributed by atoms with Crippen molar-refractivity contribution in [3.63, 3.8) is 0 Å². The number of aryl methyl sites for hydroxylation is 1. The molecule has 1 saturated heterocycles. The normalized spacial score (nSPS) is 34.3. The quantitative estimate of drug-likeness (QED) is 0.351. The number of carbonyl (C=O) groups is 1. The Hall–Kier alpha value is -2.17. The number of anilines is 1. The van der Waals surface area contributed by atoms with E-state index in [1.54, 1.807) is 6.07 Å². The molecular formula is C39H56ClN3O5S. The van der Waals surface area contributed by atoms with Crippen molar-refractivity contribution in [1.29, 1.82) is 0 Å². The molecule has 0 aromatic heterocycles. The molecule has 2 bridgehead atoms. The van der Waals surface area contributed by atoms with Gasteiger partial charge in [-0.15, -0.1) is 0 Å². The molecule has 6 rings (SSSR count). The molecule has 1 N–H and O–H groups in total. The Balaban J connectivity index is 1.35. The van der Waals surface area contributed by atoms with Crippen molar-refractivity contribution < 1.29 is 23.2 Å². The summed E-state index contributed by atoms with van der Waals surface area (Å²) >= 11 is 6.48. The van der Waals surface area contributed by atoms with Crippen molar-refractivity contribution in [3.8, 4) is 5.75 Å². The Morgan fingerprint density at radius 3 is 2.49 bits per heavy atom. The topological polar surface area (TPSA) is 80.3 Å². The summed E-state index contributed by atoms with van der Waals surface area (Å²) < 4.78 is 36.0. The summed E-state index contributed by atoms with van der Waals surface area (Å²) in [5.41, 5.74) is 3.83. The van der Waals surface area contributed by atoms with Crippen molar-refractivity contribution in [2.75, 3.05) is 51.9 Å². The molecule has 3 heterocycles. The van der Waals surface area contributed by atoms with Crippen molar-refractivity contribution >= 4 is 34.2 Å². The second-order valence-electron chi connectivity index (χ2n) is 15.6. The van der Waals surface area contributed by atoms with Crippen LogP contribution < -0.4 is 14.4 Å². The average molecular weight is 714 g/mol. The van der Waals surface area contributed by atoms with Crippen molar-refractivity contribution in [3.05, 3.63) is 58.1 Å². The van der Waals surface area contributed by atoms with Gasteiger partial charge in [-0.3, -0.25) is 14.4 Å². The third kappa shape index (κ3) is 8.01. The Morgan fingerprint density at radius 1 is 1.02 bits per heavy atom. The molecule has 49 heavy (non-hydrogen) atoms. The van der Waals surface area contributed by atoms with Crippen molar-refractivity contribution in [2.24, 2.45) is 23.7 Å². The number of nitrogens with zero attached hydrogens (tertiary/aromatic N) is 2. The first-order chi connectivity index (χ1) is 23.5. The fourth-order valence-electron chi connectivity index (χ4n) is 8.16. The third-order valence-corrected chi connectivity index (χ3v) is 13.8. The lowest BCUT2D eigenvalue weighted by atomic mass is 9.65. The highest BCUT2D eigenvalue weighted by atomic mass is 35.5. The summed E-state index contributed by atoms with van der Waals surface area (Å²) in [6.07, 6.45) is 6.99. The van der Waals surface area contributed by atoms with Crippen LogP contribution in [0.3, 0.4) is 0 Å². The number of fused-ring (bicyclic) bond motifs is 2. The van der Waals surface area contributed by atoms with Crippen molar-refractivity contribution in [2.45, 2.75) is 95.6 Å². The number of benzene rings is 2. The van der Waals surface area contributed by atoms with Crippen LogP contribution in [0.5, 0.6) is 5.75 Å². The minimum atomic E-state index is -1.51. The van der Waals surface area contributed by atoms with E-state index in [2.05, 4.69) is 61.5 Å². The van der Waals surface area contributed by atoms with Crippen LogP contribution in [-0.4, -0.2) is 79.1 Å². The summed E-state index contributed by atoms with van der Waals surface area (Å²) in [4.78, 5) is 18.2. The lowest BCUT2D eigenvalue weighted by molar-refractivity contribution is -0.260. The Bertz CT molecular complexity index is 1500. The summed E-state index contributed by atoms with van der Waals surface area (Å²) in [6.45, 7) is 12.0. The van der Waals surface area contributed by atoms with E-state index in [1.807, 2.05) is 25.1 Å². The van der Waals surface area contributed by atoms with Gasteiger partial charge in [0, 0.05) is 35.5 Å². The summed E-state index contributed by atoms with van der Waals surface area (Å²) in [5, 5.41) is 0.584. The molecule has 10 heteroatoms. The number of ether oxygens (including phenoxy) is 3. The van der Waals surface area contributed by atoms with Gasteiger partial charge in [0.05, 0.1) is 36.3 Å². The highest BCUT2D eigenvalue weighted by Gasteiger charge is 2.46. The molecule has 7 unspecified atom stereocenters. The predicted molar refractivity (Wildman–Crippen MR) is 198 cm³/mol. The largest absolute Gasteiger partial charge is 0.491 e. The minimum absolute atomic E-state index is 0.131. The van der Waals surface area contributed by atoms with Crippen LogP contribution in [0.1, 0.15) is 93.6 Å². The van der Waals surface area contributed by atoms with Gasteiger partial charge >= 0.3 is 0 Å². The highest BCUT2D eigenvalue weighted by Crippen LogP contribution is 2.47. The van der Waals surface area contributed by atoms with Gasteiger partial charge in [0.2, 0.25) is 0 Å².